The van der Waals surface area contributed by atoms with Gasteiger partial charge in [-0.05, 0) is 36.2 Å². The Bertz CT molecular complexity index is 341. The van der Waals surface area contributed by atoms with Gasteiger partial charge in [-0.15, -0.1) is 0 Å². The first kappa shape index (κ1) is 10.4. The van der Waals surface area contributed by atoms with Crippen LogP contribution >= 0.6 is 0 Å². The average Bonchev–Trinajstić information content (AvgIpc) is 2.26. The highest BCUT2D eigenvalue weighted by Gasteiger charge is 2.10. The van der Waals surface area contributed by atoms with Crippen LogP contribution in [0.4, 0.5) is 8.78 Å². The van der Waals surface area contributed by atoms with Crippen molar-refractivity contribution >= 4 is 0 Å². The number of fused-ring (bicyclic) bond motifs is 1. The van der Waals surface area contributed by atoms with Gasteiger partial charge in [0.25, 0.3) is 6.43 Å². The number of hydrogen-bond acceptors (Lipinski definition) is 2. The first-order valence-corrected chi connectivity index (χ1v) is 4.99. The fraction of sp³-hybridized carbons (Fsp3) is 0.455. The van der Waals surface area contributed by atoms with E-state index in [9.17, 15) is 8.78 Å². The molecule has 4 heteroatoms. The van der Waals surface area contributed by atoms with Crippen molar-refractivity contribution in [3.63, 3.8) is 0 Å². The summed E-state index contributed by atoms with van der Waals surface area (Å²) in [4.78, 5) is 0. The van der Waals surface area contributed by atoms with Gasteiger partial charge in [0.2, 0.25) is 0 Å². The predicted molar refractivity (Wildman–Crippen MR) is 53.4 cm³/mol. The van der Waals surface area contributed by atoms with Crippen LogP contribution in [0.25, 0.3) is 0 Å². The van der Waals surface area contributed by atoms with Crippen molar-refractivity contribution in [3.8, 4) is 5.75 Å². The van der Waals surface area contributed by atoms with Gasteiger partial charge in [0, 0.05) is 6.54 Å². The fourth-order valence-electron chi connectivity index (χ4n) is 1.71. The SMILES string of the molecule is FC(F)COc1ccc2c(c1)CNCC2. The molecule has 1 aromatic rings. The molecule has 0 unspecified atom stereocenters. The van der Waals surface area contributed by atoms with E-state index in [1.165, 1.54) is 5.56 Å². The van der Waals surface area contributed by atoms with Crippen LogP contribution in [0.2, 0.25) is 0 Å². The van der Waals surface area contributed by atoms with Gasteiger partial charge in [-0.2, -0.15) is 0 Å². The number of ether oxygens (including phenoxy) is 1. The maximum atomic E-state index is 11.9. The summed E-state index contributed by atoms with van der Waals surface area (Å²) in [5, 5.41) is 3.23. The third kappa shape index (κ3) is 2.65. The first-order valence-electron chi connectivity index (χ1n) is 4.99. The van der Waals surface area contributed by atoms with E-state index < -0.39 is 13.0 Å². The molecule has 82 valence electrons. The van der Waals surface area contributed by atoms with E-state index in [-0.39, 0.29) is 0 Å². The van der Waals surface area contributed by atoms with Crippen molar-refractivity contribution < 1.29 is 13.5 Å². The van der Waals surface area contributed by atoms with Crippen molar-refractivity contribution in [1.29, 1.82) is 0 Å². The minimum Gasteiger partial charge on any atom is -0.488 e. The largest absolute Gasteiger partial charge is 0.488 e. The summed E-state index contributed by atoms with van der Waals surface area (Å²) in [6, 6.07) is 5.55. The van der Waals surface area contributed by atoms with Crippen molar-refractivity contribution in [3.05, 3.63) is 29.3 Å². The molecule has 1 aliphatic rings. The summed E-state index contributed by atoms with van der Waals surface area (Å²) in [5.41, 5.74) is 2.42. The van der Waals surface area contributed by atoms with Gasteiger partial charge in [0.1, 0.15) is 12.4 Å². The third-order valence-corrected chi connectivity index (χ3v) is 2.44. The molecule has 0 fully saturated rings. The molecule has 0 bridgehead atoms. The maximum absolute atomic E-state index is 11.9. The lowest BCUT2D eigenvalue weighted by Crippen LogP contribution is -2.23. The number of hydrogen-bond donors (Lipinski definition) is 1. The fourth-order valence-corrected chi connectivity index (χ4v) is 1.71. The number of nitrogens with one attached hydrogen (secondary N) is 1. The molecule has 0 saturated carbocycles. The summed E-state index contributed by atoms with van der Waals surface area (Å²) in [6.07, 6.45) is -1.43. The highest BCUT2D eigenvalue weighted by Crippen LogP contribution is 2.20. The normalized spacial score (nSPS) is 15.1. The molecule has 0 radical (unpaired) electrons. The van der Waals surface area contributed by atoms with Gasteiger partial charge in [0.15, 0.2) is 0 Å². The van der Waals surface area contributed by atoms with Crippen LogP contribution < -0.4 is 10.1 Å². The summed E-state index contributed by atoms with van der Waals surface area (Å²) in [7, 11) is 0. The van der Waals surface area contributed by atoms with Crippen LogP contribution in [-0.2, 0) is 13.0 Å². The molecule has 0 aromatic heterocycles. The Balaban J connectivity index is 2.07. The molecule has 1 aliphatic heterocycles. The van der Waals surface area contributed by atoms with E-state index in [1.807, 2.05) is 12.1 Å². The lowest BCUT2D eigenvalue weighted by molar-refractivity contribution is 0.0818. The minimum atomic E-state index is -2.42. The van der Waals surface area contributed by atoms with Crippen LogP contribution in [0.3, 0.4) is 0 Å². The van der Waals surface area contributed by atoms with E-state index in [2.05, 4.69) is 5.32 Å². The molecule has 0 saturated heterocycles. The van der Waals surface area contributed by atoms with Crippen molar-refractivity contribution in [1.82, 2.24) is 5.32 Å². The summed E-state index contributed by atoms with van der Waals surface area (Å²) < 4.78 is 28.8. The number of halogens is 2. The average molecular weight is 213 g/mol. The van der Waals surface area contributed by atoms with Gasteiger partial charge in [-0.25, -0.2) is 8.78 Å². The van der Waals surface area contributed by atoms with Gasteiger partial charge < -0.3 is 10.1 Å². The second-order valence-corrected chi connectivity index (χ2v) is 3.56. The second kappa shape index (κ2) is 4.57. The third-order valence-electron chi connectivity index (χ3n) is 2.44. The summed E-state index contributed by atoms with van der Waals surface area (Å²) >= 11 is 0. The zero-order chi connectivity index (χ0) is 10.7. The van der Waals surface area contributed by atoms with E-state index in [1.54, 1.807) is 6.07 Å². The van der Waals surface area contributed by atoms with E-state index >= 15 is 0 Å². The molecule has 0 amide bonds. The Hall–Kier alpha value is -1.16. The molecular weight excluding hydrogens is 200 g/mol. The Kier molecular flexibility index (Phi) is 3.16. The highest BCUT2D eigenvalue weighted by atomic mass is 19.3. The molecule has 2 rings (SSSR count). The minimum absolute atomic E-state index is 0.526. The Morgan fingerprint density at radius 1 is 1.33 bits per heavy atom. The zero-order valence-electron chi connectivity index (χ0n) is 8.30. The molecule has 0 aliphatic carbocycles. The molecule has 2 nitrogen and oxygen atoms in total. The number of alkyl halides is 2. The van der Waals surface area contributed by atoms with Gasteiger partial charge >= 0.3 is 0 Å². The Labute approximate surface area is 87.2 Å². The van der Waals surface area contributed by atoms with Crippen LogP contribution in [0.15, 0.2) is 18.2 Å². The molecule has 15 heavy (non-hydrogen) atoms. The number of rotatable bonds is 3. The topological polar surface area (TPSA) is 21.3 Å². The van der Waals surface area contributed by atoms with Gasteiger partial charge in [0.05, 0.1) is 0 Å². The van der Waals surface area contributed by atoms with Gasteiger partial charge in [-0.1, -0.05) is 6.07 Å². The quantitative estimate of drug-likeness (QED) is 0.828. The zero-order valence-corrected chi connectivity index (χ0v) is 8.30. The highest BCUT2D eigenvalue weighted by molar-refractivity contribution is 5.37. The lowest BCUT2D eigenvalue weighted by Gasteiger charge is -2.17. The van der Waals surface area contributed by atoms with Gasteiger partial charge in [-0.3, -0.25) is 0 Å². The standard InChI is InChI=1S/C11H13F2NO/c12-11(13)7-15-10-2-1-8-3-4-14-6-9(8)5-10/h1-2,5,11,14H,3-4,6-7H2. The van der Waals surface area contributed by atoms with Crippen LogP contribution in [0.1, 0.15) is 11.1 Å². The van der Waals surface area contributed by atoms with Crippen molar-refractivity contribution in [2.24, 2.45) is 0 Å². The van der Waals surface area contributed by atoms with Crippen molar-refractivity contribution in [2.75, 3.05) is 13.2 Å². The molecule has 1 aromatic carbocycles. The molecule has 1 heterocycles. The number of benzene rings is 1. The predicted octanol–water partition coefficient (Wildman–Crippen LogP) is 1.98. The summed E-state index contributed by atoms with van der Waals surface area (Å²) in [6.45, 7) is 1.23. The lowest BCUT2D eigenvalue weighted by atomic mass is 10.0. The van der Waals surface area contributed by atoms with Crippen LogP contribution in [-0.4, -0.2) is 19.6 Å². The maximum Gasteiger partial charge on any atom is 0.272 e. The molecule has 0 spiro atoms. The monoisotopic (exact) mass is 213 g/mol. The Morgan fingerprint density at radius 3 is 3.00 bits per heavy atom. The van der Waals surface area contributed by atoms with E-state index in [0.29, 0.717) is 5.75 Å². The Morgan fingerprint density at radius 2 is 2.20 bits per heavy atom. The van der Waals surface area contributed by atoms with Crippen molar-refractivity contribution in [2.45, 2.75) is 19.4 Å². The first-order chi connectivity index (χ1) is 7.25. The smallest absolute Gasteiger partial charge is 0.272 e. The van der Waals surface area contributed by atoms with E-state index in [0.717, 1.165) is 25.1 Å². The molecule has 1 N–H and O–H groups in total. The molecular formula is C11H13F2NO. The van der Waals surface area contributed by atoms with Crippen LogP contribution in [0, 0.1) is 0 Å². The second-order valence-electron chi connectivity index (χ2n) is 3.56. The van der Waals surface area contributed by atoms with Crippen LogP contribution in [0.5, 0.6) is 5.75 Å². The van der Waals surface area contributed by atoms with E-state index in [4.69, 9.17) is 4.74 Å². The molecule has 0 atom stereocenters. The summed E-state index contributed by atoms with van der Waals surface area (Å²) in [5.74, 6) is 0.526.